The van der Waals surface area contributed by atoms with Crippen molar-refractivity contribution in [2.45, 2.75) is 6.92 Å². The second-order valence-corrected chi connectivity index (χ2v) is 1.34. The van der Waals surface area contributed by atoms with Crippen molar-refractivity contribution in [3.63, 3.8) is 0 Å². The van der Waals surface area contributed by atoms with Crippen molar-refractivity contribution in [2.24, 2.45) is 10.7 Å². The van der Waals surface area contributed by atoms with Crippen LogP contribution in [0, 0.1) is 5.41 Å². The molecule has 0 aromatic rings. The van der Waals surface area contributed by atoms with E-state index >= 15 is 0 Å². The van der Waals surface area contributed by atoms with E-state index in [0.717, 1.165) is 0 Å². The van der Waals surface area contributed by atoms with E-state index < -0.39 is 0 Å². The van der Waals surface area contributed by atoms with Gasteiger partial charge in [0, 0.05) is 5.71 Å². The molecule has 0 rings (SSSR count). The predicted molar refractivity (Wildman–Crippen MR) is 35.2 cm³/mol. The number of nitrogens with zero attached hydrogens (tertiary/aromatic N) is 1. The van der Waals surface area contributed by atoms with Gasteiger partial charge >= 0.3 is 0 Å². The van der Waals surface area contributed by atoms with Gasteiger partial charge in [0.25, 0.3) is 0 Å². The van der Waals surface area contributed by atoms with Gasteiger partial charge in [-0.3, -0.25) is 5.41 Å². The molecule has 0 aliphatic heterocycles. The van der Waals surface area contributed by atoms with Crippen molar-refractivity contribution < 1.29 is 0 Å². The van der Waals surface area contributed by atoms with Gasteiger partial charge in [-0.05, 0) is 13.0 Å². The summed E-state index contributed by atoms with van der Waals surface area (Å²) in [5, 5.41) is 6.67. The zero-order valence-electron chi connectivity index (χ0n) is 4.81. The summed E-state index contributed by atoms with van der Waals surface area (Å²) in [6.45, 7) is 5.16. The summed E-state index contributed by atoms with van der Waals surface area (Å²) in [4.78, 5) is 3.56. The molecule has 0 bridgehead atoms. The molecule has 0 amide bonds. The van der Waals surface area contributed by atoms with Crippen molar-refractivity contribution in [2.75, 3.05) is 0 Å². The monoisotopic (exact) mass is 111 g/mol. The first kappa shape index (κ1) is 6.88. The Kier molecular flexibility index (Phi) is 2.54. The molecule has 0 aromatic carbocycles. The number of nitrogens with one attached hydrogen (secondary N) is 1. The van der Waals surface area contributed by atoms with Crippen LogP contribution < -0.4 is 5.73 Å². The summed E-state index contributed by atoms with van der Waals surface area (Å²) in [6, 6.07) is 0. The van der Waals surface area contributed by atoms with E-state index in [1.165, 1.54) is 0 Å². The van der Waals surface area contributed by atoms with Crippen LogP contribution in [0.3, 0.4) is 0 Å². The van der Waals surface area contributed by atoms with Crippen molar-refractivity contribution in [3.8, 4) is 0 Å². The van der Waals surface area contributed by atoms with Crippen molar-refractivity contribution in [1.29, 1.82) is 5.41 Å². The minimum atomic E-state index is -0.178. The molecule has 0 aliphatic carbocycles. The number of nitrogens with two attached hydrogens (primary N) is 1. The lowest BCUT2D eigenvalue weighted by Crippen LogP contribution is -2.07. The average molecular weight is 111 g/mol. The number of hydrogen-bond acceptors (Lipinski definition) is 1. The van der Waals surface area contributed by atoms with E-state index in [4.69, 9.17) is 11.1 Å². The molecule has 3 N–H and O–H groups in total. The Labute approximate surface area is 48.4 Å². The van der Waals surface area contributed by atoms with Gasteiger partial charge in [0.1, 0.15) is 0 Å². The Balaban J connectivity index is 3.94. The van der Waals surface area contributed by atoms with E-state index in [1.54, 1.807) is 13.0 Å². The van der Waals surface area contributed by atoms with Gasteiger partial charge < -0.3 is 5.73 Å². The lowest BCUT2D eigenvalue weighted by atomic mass is 10.4. The lowest BCUT2D eigenvalue weighted by Gasteiger charge is -1.86. The van der Waals surface area contributed by atoms with Gasteiger partial charge in [-0.25, -0.2) is 4.99 Å². The largest absolute Gasteiger partial charge is 0.368 e. The van der Waals surface area contributed by atoms with Crippen LogP contribution in [-0.2, 0) is 0 Å². The summed E-state index contributed by atoms with van der Waals surface area (Å²) in [5.74, 6) is -0.178. The quantitative estimate of drug-likeness (QED) is 0.376. The van der Waals surface area contributed by atoms with E-state index in [1.807, 2.05) is 0 Å². The minimum Gasteiger partial charge on any atom is -0.368 e. The predicted octanol–water partition coefficient (Wildman–Crippen LogP) is 0.527. The maximum Gasteiger partial charge on any atom is 0.212 e. The molecule has 3 nitrogen and oxygen atoms in total. The number of aliphatic imine (C=N–C) groups is 1. The second-order valence-electron chi connectivity index (χ2n) is 1.34. The maximum atomic E-state index is 6.67. The standard InChI is InChI=1S/C5H9N3/c1-3-4(2)8-5(6)7/h3H,1H2,2H3,(H3,6,7). The Morgan fingerprint density at radius 1 is 1.88 bits per heavy atom. The Bertz CT molecular complexity index is 135. The highest BCUT2D eigenvalue weighted by Crippen LogP contribution is 1.75. The number of hydrogen-bond donors (Lipinski definition) is 2. The van der Waals surface area contributed by atoms with Gasteiger partial charge in [-0.15, -0.1) is 0 Å². The molecule has 0 atom stereocenters. The minimum absolute atomic E-state index is 0.178. The Morgan fingerprint density at radius 3 is 2.50 bits per heavy atom. The van der Waals surface area contributed by atoms with Crippen LogP contribution in [0.4, 0.5) is 0 Å². The van der Waals surface area contributed by atoms with Crippen molar-refractivity contribution in [1.82, 2.24) is 0 Å². The van der Waals surface area contributed by atoms with E-state index in [0.29, 0.717) is 5.71 Å². The van der Waals surface area contributed by atoms with Crippen LogP contribution in [-0.4, -0.2) is 11.7 Å². The molecular formula is C5H9N3. The number of guanidine groups is 1. The van der Waals surface area contributed by atoms with Crippen molar-refractivity contribution >= 4 is 11.7 Å². The zero-order valence-corrected chi connectivity index (χ0v) is 4.81. The number of allylic oxidation sites excluding steroid dienone is 1. The summed E-state index contributed by atoms with van der Waals surface area (Å²) < 4.78 is 0. The van der Waals surface area contributed by atoms with E-state index in [2.05, 4.69) is 11.6 Å². The van der Waals surface area contributed by atoms with Crippen LogP contribution in [0.1, 0.15) is 6.92 Å². The highest BCUT2D eigenvalue weighted by molar-refractivity contribution is 6.00. The normalized spacial score (nSPS) is 10.9. The fraction of sp³-hybridized carbons (Fsp3) is 0.200. The molecule has 0 radical (unpaired) electrons. The van der Waals surface area contributed by atoms with Gasteiger partial charge in [0.15, 0.2) is 0 Å². The highest BCUT2D eigenvalue weighted by Gasteiger charge is 1.80. The van der Waals surface area contributed by atoms with Crippen LogP contribution in [0.5, 0.6) is 0 Å². The average Bonchev–Trinajstić information content (AvgIpc) is 1.65. The lowest BCUT2D eigenvalue weighted by molar-refractivity contribution is 1.38. The van der Waals surface area contributed by atoms with Gasteiger partial charge in [0.05, 0.1) is 0 Å². The molecule has 44 valence electrons. The highest BCUT2D eigenvalue weighted by atomic mass is 15.0. The molecule has 0 aromatic heterocycles. The zero-order chi connectivity index (χ0) is 6.57. The first-order valence-corrected chi connectivity index (χ1v) is 2.18. The summed E-state index contributed by atoms with van der Waals surface area (Å²) in [7, 11) is 0. The van der Waals surface area contributed by atoms with Crippen LogP contribution in [0.2, 0.25) is 0 Å². The molecule has 0 unspecified atom stereocenters. The van der Waals surface area contributed by atoms with Crippen LogP contribution in [0.15, 0.2) is 17.6 Å². The molecule has 0 saturated heterocycles. The Morgan fingerprint density at radius 2 is 2.38 bits per heavy atom. The molecule has 3 heteroatoms. The van der Waals surface area contributed by atoms with Gasteiger partial charge in [0.2, 0.25) is 5.96 Å². The molecule has 0 fully saturated rings. The molecule has 0 aliphatic rings. The molecular weight excluding hydrogens is 102 g/mol. The third kappa shape index (κ3) is 3.08. The van der Waals surface area contributed by atoms with E-state index in [9.17, 15) is 0 Å². The molecule has 0 saturated carbocycles. The second kappa shape index (κ2) is 2.96. The maximum absolute atomic E-state index is 6.67. The fourth-order valence-corrected chi connectivity index (χ4v) is 0.236. The molecule has 0 spiro atoms. The van der Waals surface area contributed by atoms with Crippen LogP contribution >= 0.6 is 0 Å². The van der Waals surface area contributed by atoms with Crippen molar-refractivity contribution in [3.05, 3.63) is 12.7 Å². The topological polar surface area (TPSA) is 62.2 Å². The van der Waals surface area contributed by atoms with E-state index in [-0.39, 0.29) is 5.96 Å². The van der Waals surface area contributed by atoms with Crippen LogP contribution in [0.25, 0.3) is 0 Å². The molecule has 0 heterocycles. The summed E-state index contributed by atoms with van der Waals surface area (Å²) in [5.41, 5.74) is 5.58. The number of rotatable bonds is 1. The fourth-order valence-electron chi connectivity index (χ4n) is 0.236. The first-order chi connectivity index (χ1) is 3.66. The van der Waals surface area contributed by atoms with Gasteiger partial charge in [-0.2, -0.15) is 0 Å². The third-order valence-electron chi connectivity index (χ3n) is 0.592. The molecule has 8 heavy (non-hydrogen) atoms. The summed E-state index contributed by atoms with van der Waals surface area (Å²) in [6.07, 6.45) is 1.54. The van der Waals surface area contributed by atoms with Gasteiger partial charge in [-0.1, -0.05) is 6.58 Å². The Hall–Kier alpha value is -1.12. The first-order valence-electron chi connectivity index (χ1n) is 2.18. The summed E-state index contributed by atoms with van der Waals surface area (Å²) >= 11 is 0. The third-order valence-corrected chi connectivity index (χ3v) is 0.592. The SMILES string of the molecule is C=CC(C)=NC(=N)N. The smallest absolute Gasteiger partial charge is 0.212 e.